The van der Waals surface area contributed by atoms with Gasteiger partial charge in [-0.2, -0.15) is 0 Å². The first-order valence-corrected chi connectivity index (χ1v) is 5.54. The average molecular weight is 265 g/mol. The topological polar surface area (TPSA) is 29.1 Å². The van der Waals surface area contributed by atoms with Gasteiger partial charge in [0, 0.05) is 23.7 Å². The Labute approximate surface area is 107 Å². The van der Waals surface area contributed by atoms with Gasteiger partial charge in [-0.3, -0.25) is 4.79 Å². The highest BCUT2D eigenvalue weighted by atomic mass is 19.1. The van der Waals surface area contributed by atoms with Crippen LogP contribution in [-0.4, -0.2) is 5.91 Å². The molecule has 0 saturated carbocycles. The van der Waals surface area contributed by atoms with Crippen LogP contribution in [0.3, 0.4) is 0 Å². The largest absolute Gasteiger partial charge is 0.348 e. The van der Waals surface area contributed by atoms with Crippen molar-refractivity contribution in [2.45, 2.75) is 6.54 Å². The van der Waals surface area contributed by atoms with Crippen molar-refractivity contribution in [2.24, 2.45) is 0 Å². The first kappa shape index (κ1) is 13.1. The summed E-state index contributed by atoms with van der Waals surface area (Å²) in [6, 6.07) is 8.24. The minimum Gasteiger partial charge on any atom is -0.348 e. The van der Waals surface area contributed by atoms with Crippen molar-refractivity contribution in [1.82, 2.24) is 5.32 Å². The SMILES string of the molecule is O=C(NCc1ccc(F)cc1F)c1cccc(F)c1. The van der Waals surface area contributed by atoms with Crippen molar-refractivity contribution in [3.63, 3.8) is 0 Å². The Morgan fingerprint density at radius 2 is 1.74 bits per heavy atom. The maximum atomic E-state index is 13.3. The molecule has 19 heavy (non-hydrogen) atoms. The molecule has 0 radical (unpaired) electrons. The molecule has 98 valence electrons. The molecule has 0 aromatic heterocycles. The molecule has 1 amide bonds. The molecule has 2 rings (SSSR count). The molecule has 0 saturated heterocycles. The summed E-state index contributed by atoms with van der Waals surface area (Å²) < 4.78 is 38.9. The molecule has 2 nitrogen and oxygen atoms in total. The van der Waals surface area contributed by atoms with E-state index in [1.807, 2.05) is 0 Å². The molecule has 0 bridgehead atoms. The number of hydrogen-bond acceptors (Lipinski definition) is 1. The van der Waals surface area contributed by atoms with Crippen LogP contribution in [0.2, 0.25) is 0 Å². The molecule has 2 aromatic carbocycles. The fourth-order valence-electron chi connectivity index (χ4n) is 1.57. The summed E-state index contributed by atoms with van der Waals surface area (Å²) >= 11 is 0. The number of halogens is 3. The molecular weight excluding hydrogens is 255 g/mol. The lowest BCUT2D eigenvalue weighted by Gasteiger charge is -2.06. The minimum absolute atomic E-state index is 0.0958. The lowest BCUT2D eigenvalue weighted by atomic mass is 10.2. The summed E-state index contributed by atoms with van der Waals surface area (Å²) in [5.74, 6) is -2.47. The Hall–Kier alpha value is -2.30. The van der Waals surface area contributed by atoms with Gasteiger partial charge < -0.3 is 5.32 Å². The highest BCUT2D eigenvalue weighted by Gasteiger charge is 2.08. The van der Waals surface area contributed by atoms with Gasteiger partial charge in [-0.05, 0) is 24.3 Å². The molecule has 5 heteroatoms. The molecule has 2 aromatic rings. The van der Waals surface area contributed by atoms with Crippen LogP contribution in [0.1, 0.15) is 15.9 Å². The van der Waals surface area contributed by atoms with E-state index in [9.17, 15) is 18.0 Å². The predicted octanol–water partition coefficient (Wildman–Crippen LogP) is 3.03. The first-order chi connectivity index (χ1) is 9.06. The van der Waals surface area contributed by atoms with Crippen LogP contribution >= 0.6 is 0 Å². The van der Waals surface area contributed by atoms with E-state index in [1.165, 1.54) is 24.3 Å². The average Bonchev–Trinajstić information content (AvgIpc) is 2.37. The fraction of sp³-hybridized carbons (Fsp3) is 0.0714. The number of rotatable bonds is 3. The van der Waals surface area contributed by atoms with Crippen LogP contribution in [0.25, 0.3) is 0 Å². The summed E-state index contributed by atoms with van der Waals surface area (Å²) in [4.78, 5) is 11.7. The third kappa shape index (κ3) is 3.34. The zero-order valence-corrected chi connectivity index (χ0v) is 9.79. The van der Waals surface area contributed by atoms with Crippen LogP contribution in [0.5, 0.6) is 0 Å². The van der Waals surface area contributed by atoms with Crippen LogP contribution in [0.4, 0.5) is 13.2 Å². The second-order valence-electron chi connectivity index (χ2n) is 3.93. The first-order valence-electron chi connectivity index (χ1n) is 5.54. The predicted molar refractivity (Wildman–Crippen MR) is 63.9 cm³/mol. The highest BCUT2D eigenvalue weighted by Crippen LogP contribution is 2.10. The van der Waals surface area contributed by atoms with E-state index in [0.717, 1.165) is 18.2 Å². The highest BCUT2D eigenvalue weighted by molar-refractivity contribution is 5.94. The number of benzene rings is 2. The van der Waals surface area contributed by atoms with Gasteiger partial charge in [0.25, 0.3) is 5.91 Å². The van der Waals surface area contributed by atoms with Crippen molar-refractivity contribution in [3.8, 4) is 0 Å². The lowest BCUT2D eigenvalue weighted by molar-refractivity contribution is 0.0950. The standard InChI is InChI=1S/C14H10F3NO/c15-11-3-1-2-9(6-11)14(19)18-8-10-4-5-12(16)7-13(10)17/h1-7H,8H2,(H,18,19). The van der Waals surface area contributed by atoms with Gasteiger partial charge in [-0.15, -0.1) is 0 Å². The van der Waals surface area contributed by atoms with Gasteiger partial charge in [0.15, 0.2) is 0 Å². The van der Waals surface area contributed by atoms with Crippen molar-refractivity contribution in [2.75, 3.05) is 0 Å². The van der Waals surface area contributed by atoms with Crippen LogP contribution < -0.4 is 5.32 Å². The van der Waals surface area contributed by atoms with Gasteiger partial charge in [-0.1, -0.05) is 12.1 Å². The molecule has 0 aliphatic rings. The Morgan fingerprint density at radius 3 is 2.42 bits per heavy atom. The number of hydrogen-bond donors (Lipinski definition) is 1. The number of nitrogens with one attached hydrogen (secondary N) is 1. The smallest absolute Gasteiger partial charge is 0.251 e. The van der Waals surface area contributed by atoms with Crippen LogP contribution in [-0.2, 0) is 6.54 Å². The fourth-order valence-corrected chi connectivity index (χ4v) is 1.57. The number of carbonyl (C=O) groups excluding carboxylic acids is 1. The van der Waals surface area contributed by atoms with Crippen molar-refractivity contribution in [1.29, 1.82) is 0 Å². The van der Waals surface area contributed by atoms with E-state index < -0.39 is 23.4 Å². The third-order valence-corrected chi connectivity index (χ3v) is 2.54. The molecule has 1 N–H and O–H groups in total. The minimum atomic E-state index is -0.737. The molecule has 0 aliphatic heterocycles. The Morgan fingerprint density at radius 1 is 1.00 bits per heavy atom. The van der Waals surface area contributed by atoms with Gasteiger partial charge >= 0.3 is 0 Å². The van der Waals surface area contributed by atoms with E-state index >= 15 is 0 Å². The number of amides is 1. The van der Waals surface area contributed by atoms with E-state index in [2.05, 4.69) is 5.32 Å². The van der Waals surface area contributed by atoms with E-state index in [4.69, 9.17) is 0 Å². The summed E-state index contributed by atoms with van der Waals surface area (Å²) in [5, 5.41) is 2.43. The van der Waals surface area contributed by atoms with Crippen LogP contribution in [0.15, 0.2) is 42.5 Å². The summed E-state index contributed by atoms with van der Waals surface area (Å²) in [6.45, 7) is -0.0958. The third-order valence-electron chi connectivity index (χ3n) is 2.54. The molecule has 0 unspecified atom stereocenters. The van der Waals surface area contributed by atoms with E-state index in [0.29, 0.717) is 0 Å². The second kappa shape index (κ2) is 5.56. The van der Waals surface area contributed by atoms with Crippen molar-refractivity contribution < 1.29 is 18.0 Å². The van der Waals surface area contributed by atoms with Crippen LogP contribution in [0, 0.1) is 17.5 Å². The van der Waals surface area contributed by atoms with Gasteiger partial charge in [0.05, 0.1) is 0 Å². The summed E-state index contributed by atoms with van der Waals surface area (Å²) in [5.41, 5.74) is 0.300. The molecule has 0 fully saturated rings. The molecule has 0 atom stereocenters. The summed E-state index contributed by atoms with van der Waals surface area (Å²) in [7, 11) is 0. The normalized spacial score (nSPS) is 10.3. The molecule has 0 heterocycles. The van der Waals surface area contributed by atoms with Crippen molar-refractivity contribution in [3.05, 3.63) is 71.0 Å². The van der Waals surface area contributed by atoms with Gasteiger partial charge in [0.2, 0.25) is 0 Å². The monoisotopic (exact) mass is 265 g/mol. The van der Waals surface area contributed by atoms with E-state index in [1.54, 1.807) is 0 Å². The van der Waals surface area contributed by atoms with Crippen molar-refractivity contribution >= 4 is 5.91 Å². The Kier molecular flexibility index (Phi) is 3.85. The van der Waals surface area contributed by atoms with Gasteiger partial charge in [-0.25, -0.2) is 13.2 Å². The Balaban J connectivity index is 2.04. The maximum Gasteiger partial charge on any atom is 0.251 e. The molecule has 0 spiro atoms. The summed E-state index contributed by atoms with van der Waals surface area (Å²) in [6.07, 6.45) is 0. The lowest BCUT2D eigenvalue weighted by Crippen LogP contribution is -2.23. The Bertz CT molecular complexity index is 613. The maximum absolute atomic E-state index is 13.3. The molecule has 0 aliphatic carbocycles. The van der Waals surface area contributed by atoms with Gasteiger partial charge in [0.1, 0.15) is 17.5 Å². The zero-order valence-electron chi connectivity index (χ0n) is 9.79. The molecular formula is C14H10F3NO. The quantitative estimate of drug-likeness (QED) is 0.908. The zero-order chi connectivity index (χ0) is 13.8. The number of carbonyl (C=O) groups is 1. The van der Waals surface area contributed by atoms with E-state index in [-0.39, 0.29) is 17.7 Å². The second-order valence-corrected chi connectivity index (χ2v) is 3.93.